The number of nitrogens with zero attached hydrogens (tertiary/aromatic N) is 3. The van der Waals surface area contributed by atoms with Crippen LogP contribution in [0.25, 0.3) is 0 Å². The Hall–Kier alpha value is -2.12. The van der Waals surface area contributed by atoms with E-state index in [-0.39, 0.29) is 12.0 Å². The summed E-state index contributed by atoms with van der Waals surface area (Å²) in [5, 5.41) is 10.3. The predicted molar refractivity (Wildman–Crippen MR) is 96.9 cm³/mol. The molecule has 7 nitrogen and oxygen atoms in total. The van der Waals surface area contributed by atoms with Crippen LogP contribution in [0.3, 0.4) is 0 Å². The summed E-state index contributed by atoms with van der Waals surface area (Å²) in [4.78, 5) is 29.6. The van der Waals surface area contributed by atoms with Gasteiger partial charge in [0.05, 0.1) is 6.10 Å². The second-order valence-electron chi connectivity index (χ2n) is 6.92. The molecule has 2 fully saturated rings. The van der Waals surface area contributed by atoms with Gasteiger partial charge in [-0.15, -0.1) is 0 Å². The van der Waals surface area contributed by atoms with Crippen LogP contribution in [0.5, 0.6) is 5.75 Å². The normalized spacial score (nSPS) is 20.1. The van der Waals surface area contributed by atoms with E-state index in [2.05, 4.69) is 4.90 Å². The molecule has 1 aromatic rings. The first-order chi connectivity index (χ1) is 12.6. The molecule has 0 spiro atoms. The smallest absolute Gasteiger partial charge is 0.410 e. The zero-order chi connectivity index (χ0) is 18.4. The highest BCUT2D eigenvalue weighted by Gasteiger charge is 2.25. The van der Waals surface area contributed by atoms with E-state index in [1.54, 1.807) is 21.9 Å². The minimum Gasteiger partial charge on any atom is -0.410 e. The van der Waals surface area contributed by atoms with Crippen molar-refractivity contribution in [1.82, 2.24) is 14.7 Å². The Morgan fingerprint density at radius 3 is 2.58 bits per heavy atom. The number of carbonyl (C=O) groups excluding carboxylic acids is 2. The summed E-state index contributed by atoms with van der Waals surface area (Å²) in [5.41, 5.74) is 0. The van der Waals surface area contributed by atoms with Crippen molar-refractivity contribution in [2.45, 2.75) is 25.4 Å². The minimum absolute atomic E-state index is 0.134. The molecule has 1 aromatic carbocycles. The molecule has 1 unspecified atom stereocenters. The number of para-hydroxylation sites is 1. The molecule has 2 aliphatic heterocycles. The number of β-amino-alcohol motifs (C(OH)–C–C–N with tert-alkyl or cyclic N) is 1. The fourth-order valence-corrected chi connectivity index (χ4v) is 3.50. The van der Waals surface area contributed by atoms with Crippen molar-refractivity contribution >= 4 is 12.0 Å². The summed E-state index contributed by atoms with van der Waals surface area (Å²) >= 11 is 0. The quantitative estimate of drug-likeness (QED) is 0.852. The zero-order valence-corrected chi connectivity index (χ0v) is 15.0. The lowest BCUT2D eigenvalue weighted by atomic mass is 10.3. The first-order valence-corrected chi connectivity index (χ1v) is 9.32. The Morgan fingerprint density at radius 1 is 1.04 bits per heavy atom. The van der Waals surface area contributed by atoms with Crippen LogP contribution < -0.4 is 4.74 Å². The Kier molecular flexibility index (Phi) is 6.46. The van der Waals surface area contributed by atoms with Gasteiger partial charge in [0.25, 0.3) is 0 Å². The number of ether oxygens (including phenoxy) is 1. The maximum absolute atomic E-state index is 12.3. The molecule has 2 saturated heterocycles. The van der Waals surface area contributed by atoms with E-state index in [1.165, 1.54) is 0 Å². The molecule has 1 atom stereocenters. The molecule has 2 amide bonds. The van der Waals surface area contributed by atoms with E-state index >= 15 is 0 Å². The van der Waals surface area contributed by atoms with Gasteiger partial charge >= 0.3 is 6.09 Å². The number of carbonyl (C=O) groups is 2. The molecular formula is C19H27N3O4. The molecule has 0 aromatic heterocycles. The third-order valence-corrected chi connectivity index (χ3v) is 4.87. The second kappa shape index (κ2) is 9.00. The van der Waals surface area contributed by atoms with Gasteiger partial charge in [0.15, 0.2) is 0 Å². The number of hydrogen-bond donors (Lipinski definition) is 1. The highest BCUT2D eigenvalue weighted by molar-refractivity contribution is 5.78. The van der Waals surface area contributed by atoms with E-state index in [9.17, 15) is 14.7 Å². The van der Waals surface area contributed by atoms with Crippen LogP contribution in [0.2, 0.25) is 0 Å². The van der Waals surface area contributed by atoms with Gasteiger partial charge in [0.1, 0.15) is 5.75 Å². The van der Waals surface area contributed by atoms with Crippen LogP contribution in [-0.2, 0) is 4.79 Å². The fraction of sp³-hybridized carbons (Fsp3) is 0.579. The molecule has 2 heterocycles. The molecule has 0 radical (unpaired) electrons. The van der Waals surface area contributed by atoms with Crippen molar-refractivity contribution in [3.8, 4) is 5.75 Å². The summed E-state index contributed by atoms with van der Waals surface area (Å²) in [6.45, 7) is 4.38. The van der Waals surface area contributed by atoms with Gasteiger partial charge in [-0.1, -0.05) is 18.2 Å². The molecule has 142 valence electrons. The molecule has 1 N–H and O–H groups in total. The first kappa shape index (κ1) is 18.7. The van der Waals surface area contributed by atoms with Gasteiger partial charge in [-0.25, -0.2) is 4.79 Å². The van der Waals surface area contributed by atoms with E-state index in [0.717, 1.165) is 25.9 Å². The first-order valence-electron chi connectivity index (χ1n) is 9.32. The van der Waals surface area contributed by atoms with Gasteiger partial charge in [-0.3, -0.25) is 9.69 Å². The summed E-state index contributed by atoms with van der Waals surface area (Å²) in [6, 6.07) is 9.07. The third-order valence-electron chi connectivity index (χ3n) is 4.87. The van der Waals surface area contributed by atoms with E-state index in [4.69, 9.17) is 4.74 Å². The van der Waals surface area contributed by atoms with Crippen molar-refractivity contribution in [3.05, 3.63) is 30.3 Å². The van der Waals surface area contributed by atoms with E-state index in [0.29, 0.717) is 44.9 Å². The Bertz CT molecular complexity index is 610. The lowest BCUT2D eigenvalue weighted by Gasteiger charge is -2.26. The van der Waals surface area contributed by atoms with Crippen LogP contribution in [0.1, 0.15) is 19.3 Å². The van der Waals surface area contributed by atoms with E-state index in [1.807, 2.05) is 18.2 Å². The van der Waals surface area contributed by atoms with Gasteiger partial charge in [-0.05, 0) is 31.5 Å². The van der Waals surface area contributed by atoms with Gasteiger partial charge in [0, 0.05) is 45.7 Å². The molecule has 3 rings (SSSR count). The van der Waals surface area contributed by atoms with Crippen LogP contribution in [-0.4, -0.2) is 83.7 Å². The molecule has 26 heavy (non-hydrogen) atoms. The molecule has 7 heteroatoms. The maximum atomic E-state index is 12.3. The Labute approximate surface area is 154 Å². The summed E-state index contributed by atoms with van der Waals surface area (Å²) < 4.78 is 5.40. The van der Waals surface area contributed by atoms with Gasteiger partial charge in [-0.2, -0.15) is 0 Å². The highest BCUT2D eigenvalue weighted by Crippen LogP contribution is 2.13. The summed E-state index contributed by atoms with van der Waals surface area (Å²) in [6.07, 6.45) is 1.42. The standard InChI is InChI=1S/C19H27N3O4/c23-16(15-22-10-4-8-18(22)24)14-20-9-5-11-21(13-12-20)19(25)26-17-6-2-1-3-7-17/h1-3,6-7,16,23H,4-5,8-15H2. The molecule has 0 bridgehead atoms. The van der Waals surface area contributed by atoms with Gasteiger partial charge < -0.3 is 19.6 Å². The van der Waals surface area contributed by atoms with Crippen LogP contribution in [0.4, 0.5) is 4.79 Å². The minimum atomic E-state index is -0.556. The molecule has 2 aliphatic rings. The number of benzene rings is 1. The number of aliphatic hydroxyl groups is 1. The third kappa shape index (κ3) is 5.19. The number of aliphatic hydroxyl groups excluding tert-OH is 1. The average molecular weight is 361 g/mol. The average Bonchev–Trinajstić information content (AvgIpc) is 2.89. The topological polar surface area (TPSA) is 73.3 Å². The highest BCUT2D eigenvalue weighted by atomic mass is 16.6. The number of likely N-dealkylation sites (tertiary alicyclic amines) is 1. The van der Waals surface area contributed by atoms with Crippen molar-refractivity contribution in [2.75, 3.05) is 45.8 Å². The largest absolute Gasteiger partial charge is 0.415 e. The van der Waals surface area contributed by atoms with Crippen molar-refractivity contribution in [2.24, 2.45) is 0 Å². The molecule has 0 aliphatic carbocycles. The van der Waals surface area contributed by atoms with Crippen molar-refractivity contribution in [1.29, 1.82) is 0 Å². The monoisotopic (exact) mass is 361 g/mol. The van der Waals surface area contributed by atoms with Crippen LogP contribution >= 0.6 is 0 Å². The lowest BCUT2D eigenvalue weighted by molar-refractivity contribution is -0.129. The number of amides is 2. The SMILES string of the molecule is O=C1CCCN1CC(O)CN1CCCN(C(=O)Oc2ccccc2)CC1. The molecule has 0 saturated carbocycles. The van der Waals surface area contributed by atoms with Crippen molar-refractivity contribution < 1.29 is 19.4 Å². The predicted octanol–water partition coefficient (Wildman–Crippen LogP) is 1.18. The van der Waals surface area contributed by atoms with Crippen LogP contribution in [0, 0.1) is 0 Å². The number of rotatable bonds is 5. The second-order valence-corrected chi connectivity index (χ2v) is 6.92. The maximum Gasteiger partial charge on any atom is 0.415 e. The van der Waals surface area contributed by atoms with Gasteiger partial charge in [0.2, 0.25) is 5.91 Å². The van der Waals surface area contributed by atoms with Crippen LogP contribution in [0.15, 0.2) is 30.3 Å². The Balaban J connectivity index is 1.44. The summed E-state index contributed by atoms with van der Waals surface area (Å²) in [7, 11) is 0. The lowest BCUT2D eigenvalue weighted by Crippen LogP contribution is -2.42. The molecular weight excluding hydrogens is 334 g/mol. The zero-order valence-electron chi connectivity index (χ0n) is 15.0. The van der Waals surface area contributed by atoms with Crippen molar-refractivity contribution in [3.63, 3.8) is 0 Å². The fourth-order valence-electron chi connectivity index (χ4n) is 3.50. The number of hydrogen-bond acceptors (Lipinski definition) is 5. The Morgan fingerprint density at radius 2 is 1.85 bits per heavy atom. The van der Waals surface area contributed by atoms with E-state index < -0.39 is 6.10 Å². The summed E-state index contributed by atoms with van der Waals surface area (Å²) in [5.74, 6) is 0.680.